The smallest absolute Gasteiger partial charge is 0.317 e. The lowest BCUT2D eigenvalue weighted by molar-refractivity contribution is 0.196. The highest BCUT2D eigenvalue weighted by atomic mass is 16.2. The van der Waals surface area contributed by atoms with Crippen LogP contribution < -0.4 is 5.32 Å². The summed E-state index contributed by atoms with van der Waals surface area (Å²) in [6.07, 6.45) is 11.8. The number of urea groups is 1. The molecule has 112 valence electrons. The minimum Gasteiger partial charge on any atom is -0.338 e. The van der Waals surface area contributed by atoms with Gasteiger partial charge in [-0.25, -0.2) is 4.79 Å². The fourth-order valence-electron chi connectivity index (χ4n) is 3.72. The lowest BCUT2D eigenvalue weighted by Crippen LogP contribution is -2.43. The molecule has 0 bridgehead atoms. The van der Waals surface area contributed by atoms with Gasteiger partial charge in [0.15, 0.2) is 0 Å². The molecule has 0 spiro atoms. The van der Waals surface area contributed by atoms with Crippen molar-refractivity contribution < 1.29 is 4.79 Å². The van der Waals surface area contributed by atoms with Crippen molar-refractivity contribution >= 4 is 6.03 Å². The summed E-state index contributed by atoms with van der Waals surface area (Å²) in [6, 6.07) is 0.766. The van der Waals surface area contributed by atoms with Crippen molar-refractivity contribution in [2.75, 3.05) is 32.7 Å². The van der Waals surface area contributed by atoms with Gasteiger partial charge in [-0.05, 0) is 57.5 Å². The topological polar surface area (TPSA) is 35.6 Å². The molecule has 0 unspecified atom stereocenters. The fraction of sp³-hybridized carbons (Fsp3) is 0.812. The van der Waals surface area contributed by atoms with Crippen molar-refractivity contribution in [3.05, 3.63) is 12.2 Å². The second-order valence-corrected chi connectivity index (χ2v) is 6.47. The normalized spacial score (nSPS) is 30.9. The monoisotopic (exact) mass is 277 g/mol. The average molecular weight is 277 g/mol. The Balaban J connectivity index is 1.40. The molecule has 0 saturated carbocycles. The summed E-state index contributed by atoms with van der Waals surface area (Å²) in [5.74, 6) is 0.640. The number of hydrogen-bond donors (Lipinski definition) is 1. The summed E-state index contributed by atoms with van der Waals surface area (Å²) in [4.78, 5) is 16.8. The standard InChI is InChI=1S/C16H27N3O/c20-16(17-12-14-6-2-1-3-7-14)19-11-8-15(13-19)18-9-4-5-10-18/h1-2,14-15H,3-13H2,(H,17,20)/t14-,15-/m1/s1. The first-order chi connectivity index (χ1) is 9.83. The van der Waals surface area contributed by atoms with E-state index >= 15 is 0 Å². The van der Waals surface area contributed by atoms with Gasteiger partial charge in [0.2, 0.25) is 0 Å². The van der Waals surface area contributed by atoms with Crippen LogP contribution in [-0.2, 0) is 0 Å². The Kier molecular flexibility index (Phi) is 4.61. The summed E-state index contributed by atoms with van der Waals surface area (Å²) in [5.41, 5.74) is 0. The lowest BCUT2D eigenvalue weighted by Gasteiger charge is -2.24. The summed E-state index contributed by atoms with van der Waals surface area (Å²) < 4.78 is 0. The Morgan fingerprint density at radius 3 is 2.75 bits per heavy atom. The van der Waals surface area contributed by atoms with Gasteiger partial charge in [0.1, 0.15) is 0 Å². The third-order valence-electron chi connectivity index (χ3n) is 5.03. The number of nitrogens with one attached hydrogen (secondary N) is 1. The number of likely N-dealkylation sites (tertiary alicyclic amines) is 2. The molecule has 20 heavy (non-hydrogen) atoms. The molecule has 3 aliphatic rings. The number of carbonyl (C=O) groups excluding carboxylic acids is 1. The first kappa shape index (κ1) is 13.9. The first-order valence-electron chi connectivity index (χ1n) is 8.25. The number of allylic oxidation sites excluding steroid dienone is 2. The summed E-state index contributed by atoms with van der Waals surface area (Å²) in [6.45, 7) is 5.16. The Morgan fingerprint density at radius 1 is 1.15 bits per heavy atom. The van der Waals surface area contributed by atoms with E-state index < -0.39 is 0 Å². The number of rotatable bonds is 3. The lowest BCUT2D eigenvalue weighted by atomic mass is 9.94. The van der Waals surface area contributed by atoms with Crippen LogP contribution in [0.2, 0.25) is 0 Å². The predicted octanol–water partition coefficient (Wildman–Crippen LogP) is 2.22. The summed E-state index contributed by atoms with van der Waals surface area (Å²) >= 11 is 0. The van der Waals surface area contributed by atoms with Gasteiger partial charge in [-0.3, -0.25) is 4.90 Å². The van der Waals surface area contributed by atoms with Crippen molar-refractivity contribution in [2.45, 2.75) is 44.6 Å². The minimum atomic E-state index is 0.154. The fourth-order valence-corrected chi connectivity index (χ4v) is 3.72. The third kappa shape index (κ3) is 3.35. The molecule has 1 aliphatic carbocycles. The molecule has 2 atom stereocenters. The van der Waals surface area contributed by atoms with Crippen molar-refractivity contribution in [2.24, 2.45) is 5.92 Å². The number of hydrogen-bond acceptors (Lipinski definition) is 2. The van der Waals surface area contributed by atoms with Gasteiger partial charge in [0.05, 0.1) is 0 Å². The quantitative estimate of drug-likeness (QED) is 0.803. The second-order valence-electron chi connectivity index (χ2n) is 6.47. The molecule has 0 aromatic carbocycles. The first-order valence-corrected chi connectivity index (χ1v) is 8.25. The van der Waals surface area contributed by atoms with Crippen LogP contribution in [0.3, 0.4) is 0 Å². The summed E-state index contributed by atoms with van der Waals surface area (Å²) in [7, 11) is 0. The Hall–Kier alpha value is -1.03. The van der Waals surface area contributed by atoms with Crippen molar-refractivity contribution in [1.82, 2.24) is 15.1 Å². The Bertz CT molecular complexity index is 363. The van der Waals surface area contributed by atoms with E-state index in [1.165, 1.54) is 38.8 Å². The van der Waals surface area contributed by atoms with E-state index in [1.807, 2.05) is 4.90 Å². The third-order valence-corrected chi connectivity index (χ3v) is 5.03. The van der Waals surface area contributed by atoms with Gasteiger partial charge < -0.3 is 10.2 Å². The van der Waals surface area contributed by atoms with Crippen LogP contribution in [0.1, 0.15) is 38.5 Å². The van der Waals surface area contributed by atoms with Crippen LogP contribution in [0, 0.1) is 5.92 Å². The molecule has 2 heterocycles. The van der Waals surface area contributed by atoms with Gasteiger partial charge >= 0.3 is 6.03 Å². The Labute approximate surface area is 122 Å². The van der Waals surface area contributed by atoms with E-state index in [1.54, 1.807) is 0 Å². The SMILES string of the molecule is O=C(NC[C@@H]1CC=CCC1)N1CC[C@@H](N2CCCC2)C1. The van der Waals surface area contributed by atoms with Crippen LogP contribution in [0.4, 0.5) is 4.79 Å². The van der Waals surface area contributed by atoms with E-state index in [0.29, 0.717) is 12.0 Å². The predicted molar refractivity (Wildman–Crippen MR) is 80.7 cm³/mol. The molecule has 4 heteroatoms. The maximum Gasteiger partial charge on any atom is 0.317 e. The molecular formula is C16H27N3O. The van der Waals surface area contributed by atoms with Crippen LogP contribution in [0.25, 0.3) is 0 Å². The number of carbonyl (C=O) groups is 1. The number of amides is 2. The summed E-state index contributed by atoms with van der Waals surface area (Å²) in [5, 5.41) is 3.14. The van der Waals surface area contributed by atoms with E-state index in [0.717, 1.165) is 32.5 Å². The van der Waals surface area contributed by atoms with Crippen LogP contribution in [-0.4, -0.2) is 54.6 Å². The second kappa shape index (κ2) is 6.61. The molecule has 0 radical (unpaired) electrons. The number of nitrogens with zero attached hydrogens (tertiary/aromatic N) is 2. The van der Waals surface area contributed by atoms with Gasteiger partial charge in [0, 0.05) is 25.7 Å². The average Bonchev–Trinajstić information content (AvgIpc) is 3.16. The highest BCUT2D eigenvalue weighted by molar-refractivity contribution is 5.74. The van der Waals surface area contributed by atoms with Crippen molar-refractivity contribution in [3.8, 4) is 0 Å². The van der Waals surface area contributed by atoms with Crippen LogP contribution in [0.5, 0.6) is 0 Å². The zero-order valence-electron chi connectivity index (χ0n) is 12.4. The van der Waals surface area contributed by atoms with Crippen molar-refractivity contribution in [1.29, 1.82) is 0 Å². The molecule has 0 aromatic heterocycles. The molecule has 2 saturated heterocycles. The van der Waals surface area contributed by atoms with E-state index in [-0.39, 0.29) is 6.03 Å². The molecule has 2 fully saturated rings. The van der Waals surface area contributed by atoms with E-state index in [2.05, 4.69) is 22.4 Å². The maximum atomic E-state index is 12.2. The van der Waals surface area contributed by atoms with Gasteiger partial charge in [-0.15, -0.1) is 0 Å². The molecule has 2 amide bonds. The zero-order chi connectivity index (χ0) is 13.8. The Morgan fingerprint density at radius 2 is 2.00 bits per heavy atom. The molecule has 2 aliphatic heterocycles. The van der Waals surface area contributed by atoms with E-state index in [4.69, 9.17) is 0 Å². The largest absolute Gasteiger partial charge is 0.338 e. The molecule has 0 aromatic rings. The highest BCUT2D eigenvalue weighted by Crippen LogP contribution is 2.21. The van der Waals surface area contributed by atoms with Crippen LogP contribution in [0.15, 0.2) is 12.2 Å². The molecule has 1 N–H and O–H groups in total. The molecule has 4 nitrogen and oxygen atoms in total. The maximum absolute atomic E-state index is 12.2. The van der Waals surface area contributed by atoms with Crippen LogP contribution >= 0.6 is 0 Å². The van der Waals surface area contributed by atoms with Crippen molar-refractivity contribution in [3.63, 3.8) is 0 Å². The minimum absolute atomic E-state index is 0.154. The zero-order valence-corrected chi connectivity index (χ0v) is 12.4. The van der Waals surface area contributed by atoms with Gasteiger partial charge in [-0.1, -0.05) is 12.2 Å². The molecular weight excluding hydrogens is 250 g/mol. The molecule has 3 rings (SSSR count). The van der Waals surface area contributed by atoms with Gasteiger partial charge in [0.25, 0.3) is 0 Å². The van der Waals surface area contributed by atoms with E-state index in [9.17, 15) is 4.79 Å². The highest BCUT2D eigenvalue weighted by Gasteiger charge is 2.31. The van der Waals surface area contributed by atoms with Gasteiger partial charge in [-0.2, -0.15) is 0 Å².